The predicted octanol–water partition coefficient (Wildman–Crippen LogP) is 2.52. The Hall–Kier alpha value is -1.70. The number of morpholine rings is 1. The summed E-state index contributed by atoms with van der Waals surface area (Å²) in [6.07, 6.45) is 2.17. The van der Waals surface area contributed by atoms with Gasteiger partial charge in [-0.2, -0.15) is 0 Å². The van der Waals surface area contributed by atoms with Gasteiger partial charge in [0, 0.05) is 18.7 Å². The lowest BCUT2D eigenvalue weighted by Gasteiger charge is -2.26. The van der Waals surface area contributed by atoms with Crippen LogP contribution in [0.25, 0.3) is 0 Å². The van der Waals surface area contributed by atoms with Crippen molar-refractivity contribution in [2.45, 2.75) is 13.3 Å². The van der Waals surface area contributed by atoms with E-state index in [9.17, 15) is 4.79 Å². The van der Waals surface area contributed by atoms with Gasteiger partial charge in [0.15, 0.2) is 0 Å². The summed E-state index contributed by atoms with van der Waals surface area (Å²) in [4.78, 5) is 13.9. The minimum atomic E-state index is 0.147. The van der Waals surface area contributed by atoms with Crippen LogP contribution in [0.4, 0.5) is 0 Å². The van der Waals surface area contributed by atoms with Crippen molar-refractivity contribution in [2.75, 3.05) is 26.3 Å². The van der Waals surface area contributed by atoms with Gasteiger partial charge in [0.2, 0.25) is 5.91 Å². The monoisotopic (exact) mass is 303 g/mol. The summed E-state index contributed by atoms with van der Waals surface area (Å²) in [5.74, 6) is 3.02. The average Bonchev–Trinajstić information content (AvgIpc) is 2.50. The molecule has 4 heteroatoms. The number of amides is 1. The van der Waals surface area contributed by atoms with Gasteiger partial charge in [-0.25, -0.2) is 0 Å². The van der Waals surface area contributed by atoms with E-state index in [1.165, 1.54) is 0 Å². The molecule has 3 nitrogen and oxygen atoms in total. The van der Waals surface area contributed by atoms with Crippen LogP contribution in [-0.4, -0.2) is 37.1 Å². The molecule has 0 spiro atoms. The molecule has 1 aromatic rings. The molecule has 0 aromatic heterocycles. The van der Waals surface area contributed by atoms with Gasteiger partial charge in [0.25, 0.3) is 0 Å². The normalized spacial score (nSPS) is 13.3. The van der Waals surface area contributed by atoms with E-state index in [4.69, 9.17) is 4.74 Å². The van der Waals surface area contributed by atoms with Crippen molar-refractivity contribution >= 4 is 18.5 Å². The molecular formula is C17H21NO2S. The van der Waals surface area contributed by atoms with Crippen molar-refractivity contribution in [2.24, 2.45) is 0 Å². The van der Waals surface area contributed by atoms with Crippen LogP contribution >= 0.6 is 12.6 Å². The fourth-order valence-electron chi connectivity index (χ4n) is 1.92. The summed E-state index contributed by atoms with van der Waals surface area (Å²) in [6, 6.07) is 7.70. The van der Waals surface area contributed by atoms with E-state index >= 15 is 0 Å². The molecule has 0 saturated carbocycles. The second kappa shape index (κ2) is 10.1. The number of hydrogen-bond acceptors (Lipinski definition) is 3. The number of thiol groups is 1. The summed E-state index contributed by atoms with van der Waals surface area (Å²) in [7, 11) is 0. The highest BCUT2D eigenvalue weighted by atomic mass is 32.1. The van der Waals surface area contributed by atoms with Crippen molar-refractivity contribution in [1.29, 1.82) is 0 Å². The zero-order chi connectivity index (χ0) is 15.5. The third-order valence-electron chi connectivity index (χ3n) is 2.85. The van der Waals surface area contributed by atoms with Crippen LogP contribution in [0.2, 0.25) is 0 Å². The number of rotatable bonds is 2. The number of ether oxygens (including phenoxy) is 1. The molecule has 1 heterocycles. The van der Waals surface area contributed by atoms with Gasteiger partial charge >= 0.3 is 0 Å². The predicted molar refractivity (Wildman–Crippen MR) is 89.3 cm³/mol. The van der Waals surface area contributed by atoms with E-state index < -0.39 is 0 Å². The van der Waals surface area contributed by atoms with E-state index in [1.807, 2.05) is 36.1 Å². The van der Waals surface area contributed by atoms with Crippen molar-refractivity contribution < 1.29 is 9.53 Å². The first-order valence-electron chi connectivity index (χ1n) is 6.88. The summed E-state index contributed by atoms with van der Waals surface area (Å²) < 4.78 is 5.23. The fourth-order valence-corrected chi connectivity index (χ4v) is 2.05. The van der Waals surface area contributed by atoms with Crippen LogP contribution in [0.3, 0.4) is 0 Å². The zero-order valence-corrected chi connectivity index (χ0v) is 13.2. The van der Waals surface area contributed by atoms with E-state index in [0.717, 1.165) is 11.1 Å². The summed E-state index contributed by atoms with van der Waals surface area (Å²) >= 11 is 3.87. The minimum absolute atomic E-state index is 0.147. The molecule has 2 rings (SSSR count). The van der Waals surface area contributed by atoms with Gasteiger partial charge in [-0.05, 0) is 29.9 Å². The number of carbonyl (C=O) groups excluding carboxylic acids is 1. The van der Waals surface area contributed by atoms with E-state index in [0.29, 0.717) is 32.7 Å². The van der Waals surface area contributed by atoms with Crippen LogP contribution < -0.4 is 0 Å². The van der Waals surface area contributed by atoms with Gasteiger partial charge in [0.05, 0.1) is 19.6 Å². The zero-order valence-electron chi connectivity index (χ0n) is 12.3. The highest BCUT2D eigenvalue weighted by molar-refractivity contribution is 7.85. The van der Waals surface area contributed by atoms with Crippen LogP contribution in [0, 0.1) is 11.2 Å². The average molecular weight is 303 g/mol. The lowest BCUT2D eigenvalue weighted by Crippen LogP contribution is -2.41. The third-order valence-corrected chi connectivity index (χ3v) is 2.96. The molecule has 0 N–H and O–H groups in total. The Bertz CT molecular complexity index is 525. The number of benzene rings is 1. The lowest BCUT2D eigenvalue weighted by atomic mass is 10.1. The van der Waals surface area contributed by atoms with Gasteiger partial charge < -0.3 is 9.64 Å². The van der Waals surface area contributed by atoms with E-state index in [2.05, 4.69) is 30.4 Å². The van der Waals surface area contributed by atoms with Crippen molar-refractivity contribution in [1.82, 2.24) is 4.90 Å². The first-order chi connectivity index (χ1) is 10.2. The van der Waals surface area contributed by atoms with E-state index in [-0.39, 0.29) is 5.91 Å². The maximum Gasteiger partial charge on any atom is 0.227 e. The Labute approximate surface area is 132 Å². The molecule has 112 valence electrons. The van der Waals surface area contributed by atoms with Gasteiger partial charge in [-0.3, -0.25) is 4.79 Å². The Morgan fingerprint density at radius 2 is 2.14 bits per heavy atom. The fraction of sp³-hybridized carbons (Fsp3) is 0.353. The molecule has 0 unspecified atom stereocenters. The molecule has 1 fully saturated rings. The smallest absolute Gasteiger partial charge is 0.227 e. The van der Waals surface area contributed by atoms with Crippen LogP contribution in [0.1, 0.15) is 18.1 Å². The highest BCUT2D eigenvalue weighted by Gasteiger charge is 2.16. The molecule has 1 saturated heterocycles. The molecule has 1 amide bonds. The quantitative estimate of drug-likeness (QED) is 0.517. The molecule has 1 aromatic carbocycles. The van der Waals surface area contributed by atoms with Crippen LogP contribution in [0.15, 0.2) is 36.9 Å². The van der Waals surface area contributed by atoms with Crippen LogP contribution in [0.5, 0.6) is 0 Å². The van der Waals surface area contributed by atoms with E-state index in [1.54, 1.807) is 6.08 Å². The van der Waals surface area contributed by atoms with Gasteiger partial charge in [-0.1, -0.05) is 36.8 Å². The standard InChI is InChI=1S/C14H15NO2S.C3H6/c16-14(15-5-7-17-8-6-15)11-13-3-1-2-12(10-13)4-9-18;1-3-2/h1-3,10,18H,5-8,11H2;3H,1H2,2H3. The van der Waals surface area contributed by atoms with Crippen LogP contribution in [-0.2, 0) is 16.0 Å². The number of carbonyl (C=O) groups is 1. The molecule has 0 radical (unpaired) electrons. The molecule has 0 bridgehead atoms. The third kappa shape index (κ3) is 6.52. The molecule has 0 atom stereocenters. The Balaban J connectivity index is 0.000000677. The van der Waals surface area contributed by atoms with Gasteiger partial charge in [-0.15, -0.1) is 6.58 Å². The Morgan fingerprint density at radius 1 is 1.48 bits per heavy atom. The van der Waals surface area contributed by atoms with Gasteiger partial charge in [0.1, 0.15) is 0 Å². The summed E-state index contributed by atoms with van der Waals surface area (Å²) in [5.41, 5.74) is 1.87. The molecule has 21 heavy (non-hydrogen) atoms. The maximum atomic E-state index is 12.1. The molecule has 1 aliphatic heterocycles. The second-order valence-electron chi connectivity index (χ2n) is 4.52. The summed E-state index contributed by atoms with van der Waals surface area (Å²) in [6.45, 7) is 7.90. The Kier molecular flexibility index (Phi) is 8.34. The van der Waals surface area contributed by atoms with Crippen molar-refractivity contribution in [3.8, 4) is 11.2 Å². The van der Waals surface area contributed by atoms with Crippen molar-refractivity contribution in [3.63, 3.8) is 0 Å². The molecular weight excluding hydrogens is 282 g/mol. The minimum Gasteiger partial charge on any atom is -0.378 e. The second-order valence-corrected chi connectivity index (χ2v) is 4.74. The largest absolute Gasteiger partial charge is 0.378 e. The number of hydrogen-bond donors (Lipinski definition) is 1. The first-order valence-corrected chi connectivity index (χ1v) is 7.32. The number of nitrogens with zero attached hydrogens (tertiary/aromatic N) is 1. The topological polar surface area (TPSA) is 29.5 Å². The SMILES string of the molecule is C=CC.O=C(Cc1cccc(C#CS)c1)N1CCOCC1. The summed E-state index contributed by atoms with van der Waals surface area (Å²) in [5, 5.41) is 2.56. The Morgan fingerprint density at radius 3 is 2.76 bits per heavy atom. The van der Waals surface area contributed by atoms with Crippen molar-refractivity contribution in [3.05, 3.63) is 48.0 Å². The maximum absolute atomic E-state index is 12.1. The molecule has 0 aliphatic carbocycles. The molecule has 1 aliphatic rings. The highest BCUT2D eigenvalue weighted by Crippen LogP contribution is 2.08. The number of allylic oxidation sites excluding steroid dienone is 1. The lowest BCUT2D eigenvalue weighted by molar-refractivity contribution is -0.134. The first kappa shape index (κ1) is 17.4.